The van der Waals surface area contributed by atoms with Crippen molar-refractivity contribution in [2.45, 2.75) is 13.3 Å². The molecule has 4 rings (SSSR count). The highest BCUT2D eigenvalue weighted by molar-refractivity contribution is 5.99. The summed E-state index contributed by atoms with van der Waals surface area (Å²) in [6.45, 7) is 9.73. The van der Waals surface area contributed by atoms with Crippen LogP contribution in [0.4, 0.5) is 11.5 Å². The summed E-state index contributed by atoms with van der Waals surface area (Å²) in [6.07, 6.45) is 17.4. The van der Waals surface area contributed by atoms with Crippen molar-refractivity contribution in [3.8, 4) is 0 Å². The van der Waals surface area contributed by atoms with Crippen LogP contribution in [0, 0.1) is 5.92 Å². The predicted molar refractivity (Wildman–Crippen MR) is 164 cm³/mol. The van der Waals surface area contributed by atoms with Crippen LogP contribution in [0.3, 0.4) is 0 Å². The van der Waals surface area contributed by atoms with Crippen molar-refractivity contribution in [3.63, 3.8) is 0 Å². The van der Waals surface area contributed by atoms with Crippen molar-refractivity contribution < 1.29 is 14.3 Å². The van der Waals surface area contributed by atoms with Crippen molar-refractivity contribution in [3.05, 3.63) is 152 Å². The second-order valence-corrected chi connectivity index (χ2v) is 8.59. The molecule has 0 saturated heterocycles. The van der Waals surface area contributed by atoms with E-state index in [1.165, 1.54) is 0 Å². The van der Waals surface area contributed by atoms with E-state index in [1.807, 2.05) is 109 Å². The number of rotatable bonds is 9. The van der Waals surface area contributed by atoms with E-state index in [1.54, 1.807) is 25.3 Å². The highest BCUT2D eigenvalue weighted by Crippen LogP contribution is 2.23. The number of anilines is 2. The van der Waals surface area contributed by atoms with E-state index < -0.39 is 0 Å². The minimum Gasteiger partial charge on any atom is -0.457 e. The van der Waals surface area contributed by atoms with Gasteiger partial charge in [-0.25, -0.2) is 4.98 Å². The Morgan fingerprint density at radius 1 is 0.825 bits per heavy atom. The summed E-state index contributed by atoms with van der Waals surface area (Å²) in [5.74, 6) is 1.57. The fraction of sp³-hybridized carbons (Fsp3) is 0.0882. The van der Waals surface area contributed by atoms with E-state index in [2.05, 4.69) is 28.8 Å². The number of aromatic nitrogens is 1. The molecule has 2 aromatic carbocycles. The molecule has 0 bridgehead atoms. The van der Waals surface area contributed by atoms with Gasteiger partial charge in [0.25, 0.3) is 0 Å². The van der Waals surface area contributed by atoms with Crippen molar-refractivity contribution in [1.29, 1.82) is 0 Å². The van der Waals surface area contributed by atoms with Crippen molar-refractivity contribution in [2.75, 3.05) is 10.6 Å². The molecule has 40 heavy (non-hydrogen) atoms. The molecule has 1 heterocycles. The van der Waals surface area contributed by atoms with Gasteiger partial charge in [0, 0.05) is 41.4 Å². The highest BCUT2D eigenvalue weighted by atomic mass is 16.5. The van der Waals surface area contributed by atoms with Crippen LogP contribution in [0.15, 0.2) is 141 Å². The maximum atomic E-state index is 12.1. The van der Waals surface area contributed by atoms with Gasteiger partial charge in [-0.1, -0.05) is 99.0 Å². The van der Waals surface area contributed by atoms with Gasteiger partial charge in [0.15, 0.2) is 0 Å². The summed E-state index contributed by atoms with van der Waals surface area (Å²) in [7, 11) is 0. The first-order chi connectivity index (χ1) is 19.4. The minimum atomic E-state index is -0.177. The fourth-order valence-electron chi connectivity index (χ4n) is 3.39. The molecule has 0 aliphatic heterocycles. The molecular weight excluding hydrogens is 498 g/mol. The lowest BCUT2D eigenvalue weighted by Crippen LogP contribution is -2.10. The SMILES string of the molecule is C=C(OC(=C)c1ccc(NC(=O)/C=C/C2C=CC=CC=C2)cc1)c1ccccc1.CCC(=O)Nc1ccccn1. The molecular formula is C34H33N3O3. The standard InChI is InChI=1S/C26H23NO2.C8H10N2O/c1-20(23-12-8-5-9-13-23)29-21(2)24-15-17-25(18-16-24)27-26(28)19-14-22-10-6-3-4-7-11-22;1-2-8(11)10-7-5-3-4-6-9-7/h3-19,22H,1-2H2,(H,27,28);3-6H,2H2,1H3,(H,9,10,11)/b19-14+;. The number of hydrogen-bond acceptors (Lipinski definition) is 4. The van der Waals surface area contributed by atoms with Gasteiger partial charge in [0.1, 0.15) is 17.3 Å². The molecule has 1 aliphatic rings. The zero-order chi connectivity index (χ0) is 28.6. The van der Waals surface area contributed by atoms with E-state index in [0.717, 1.165) is 11.1 Å². The van der Waals surface area contributed by atoms with Crippen LogP contribution in [0.5, 0.6) is 0 Å². The maximum absolute atomic E-state index is 12.1. The number of pyridine rings is 1. The molecule has 2 amide bonds. The van der Waals surface area contributed by atoms with Crippen molar-refractivity contribution >= 4 is 34.8 Å². The number of hydrogen-bond donors (Lipinski definition) is 2. The molecule has 0 atom stereocenters. The number of benzene rings is 2. The number of allylic oxidation sites excluding steroid dienone is 7. The van der Waals surface area contributed by atoms with Gasteiger partial charge in [-0.3, -0.25) is 9.59 Å². The van der Waals surface area contributed by atoms with Crippen LogP contribution in [-0.2, 0) is 14.3 Å². The first-order valence-electron chi connectivity index (χ1n) is 12.9. The van der Waals surface area contributed by atoms with E-state index >= 15 is 0 Å². The third-order valence-corrected chi connectivity index (χ3v) is 5.54. The summed E-state index contributed by atoms with van der Waals surface area (Å²) in [6, 6.07) is 22.4. The summed E-state index contributed by atoms with van der Waals surface area (Å²) in [5.41, 5.74) is 2.42. The lowest BCUT2D eigenvalue weighted by molar-refractivity contribution is -0.116. The van der Waals surface area contributed by atoms with Crippen LogP contribution < -0.4 is 10.6 Å². The molecule has 1 aromatic heterocycles. The Hall–Kier alpha value is -5.23. The molecule has 2 N–H and O–H groups in total. The molecule has 0 unspecified atom stereocenters. The van der Waals surface area contributed by atoms with E-state index in [9.17, 15) is 9.59 Å². The highest BCUT2D eigenvalue weighted by Gasteiger charge is 2.06. The van der Waals surface area contributed by atoms with Gasteiger partial charge in [0.2, 0.25) is 11.8 Å². The van der Waals surface area contributed by atoms with Crippen molar-refractivity contribution in [1.82, 2.24) is 4.98 Å². The van der Waals surface area contributed by atoms with Gasteiger partial charge in [0.05, 0.1) is 0 Å². The Kier molecular flexibility index (Phi) is 11.7. The lowest BCUT2D eigenvalue weighted by Gasteiger charge is -2.12. The maximum Gasteiger partial charge on any atom is 0.248 e. The molecule has 6 heteroatoms. The smallest absolute Gasteiger partial charge is 0.248 e. The molecule has 0 spiro atoms. The number of carbonyl (C=O) groups excluding carboxylic acids is 2. The summed E-state index contributed by atoms with van der Waals surface area (Å²) in [5, 5.41) is 5.49. The summed E-state index contributed by atoms with van der Waals surface area (Å²) < 4.78 is 5.75. The molecule has 0 saturated carbocycles. The van der Waals surface area contributed by atoms with Crippen LogP contribution in [-0.4, -0.2) is 16.8 Å². The first-order valence-corrected chi connectivity index (χ1v) is 12.9. The van der Waals surface area contributed by atoms with Crippen LogP contribution >= 0.6 is 0 Å². The normalized spacial score (nSPS) is 12.1. The van der Waals surface area contributed by atoms with E-state index in [0.29, 0.717) is 29.4 Å². The molecule has 1 aliphatic carbocycles. The number of carbonyl (C=O) groups is 2. The van der Waals surface area contributed by atoms with Crippen LogP contribution in [0.1, 0.15) is 24.5 Å². The molecule has 6 nitrogen and oxygen atoms in total. The van der Waals surface area contributed by atoms with Crippen molar-refractivity contribution in [2.24, 2.45) is 5.92 Å². The Morgan fingerprint density at radius 2 is 1.45 bits per heavy atom. The topological polar surface area (TPSA) is 80.3 Å². The second kappa shape index (κ2) is 15.9. The Morgan fingerprint density at radius 3 is 2.05 bits per heavy atom. The average molecular weight is 532 g/mol. The summed E-state index contributed by atoms with van der Waals surface area (Å²) >= 11 is 0. The zero-order valence-corrected chi connectivity index (χ0v) is 22.5. The van der Waals surface area contributed by atoms with Crippen LogP contribution in [0.2, 0.25) is 0 Å². The fourth-order valence-corrected chi connectivity index (χ4v) is 3.39. The average Bonchev–Trinajstić information content (AvgIpc) is 3.27. The van der Waals surface area contributed by atoms with Gasteiger partial charge in [-0.15, -0.1) is 0 Å². The quantitative estimate of drug-likeness (QED) is 0.220. The number of nitrogens with one attached hydrogen (secondary N) is 2. The third-order valence-electron chi connectivity index (χ3n) is 5.54. The third kappa shape index (κ3) is 10.3. The minimum absolute atomic E-state index is 0.0105. The monoisotopic (exact) mass is 531 g/mol. The van der Waals surface area contributed by atoms with Crippen LogP contribution in [0.25, 0.3) is 11.5 Å². The molecule has 202 valence electrons. The Labute approximate surface area is 235 Å². The number of nitrogens with zero attached hydrogens (tertiary/aromatic N) is 1. The second-order valence-electron chi connectivity index (χ2n) is 8.59. The Balaban J connectivity index is 0.000000336. The molecule has 3 aromatic rings. The number of ether oxygens (including phenoxy) is 1. The molecule has 0 radical (unpaired) electrons. The lowest BCUT2D eigenvalue weighted by atomic mass is 10.1. The van der Waals surface area contributed by atoms with Gasteiger partial charge in [-0.2, -0.15) is 0 Å². The van der Waals surface area contributed by atoms with Gasteiger partial charge < -0.3 is 15.4 Å². The van der Waals surface area contributed by atoms with Gasteiger partial charge in [-0.05, 0) is 36.4 Å². The van der Waals surface area contributed by atoms with E-state index in [-0.39, 0.29) is 17.7 Å². The van der Waals surface area contributed by atoms with Gasteiger partial charge >= 0.3 is 0 Å². The molecule has 0 fully saturated rings. The predicted octanol–water partition coefficient (Wildman–Crippen LogP) is 7.57. The van der Waals surface area contributed by atoms with E-state index in [4.69, 9.17) is 4.74 Å². The Bertz CT molecular complexity index is 1390. The number of amides is 2. The summed E-state index contributed by atoms with van der Waals surface area (Å²) in [4.78, 5) is 26.9. The first kappa shape index (κ1) is 29.3. The largest absolute Gasteiger partial charge is 0.457 e. The zero-order valence-electron chi connectivity index (χ0n) is 22.5.